The molecule has 0 fully saturated rings. The first-order valence-electron chi connectivity index (χ1n) is 9.54. The van der Waals surface area contributed by atoms with E-state index in [2.05, 4.69) is 25.9 Å². The van der Waals surface area contributed by atoms with Crippen molar-refractivity contribution >= 4 is 34.9 Å². The summed E-state index contributed by atoms with van der Waals surface area (Å²) in [6, 6.07) is 0. The number of halogens is 1. The van der Waals surface area contributed by atoms with Gasteiger partial charge in [-0.3, -0.25) is 4.79 Å². The van der Waals surface area contributed by atoms with Gasteiger partial charge in [-0.25, -0.2) is 0 Å². The Kier molecular flexibility index (Phi) is 11.8. The van der Waals surface area contributed by atoms with Gasteiger partial charge in [0.1, 0.15) is 12.4 Å². The zero-order valence-electron chi connectivity index (χ0n) is 16.2. The Balaban J connectivity index is 2.87. The van der Waals surface area contributed by atoms with Crippen LogP contribution in [0, 0.1) is 5.92 Å². The van der Waals surface area contributed by atoms with Crippen molar-refractivity contribution in [3.05, 3.63) is 22.9 Å². The van der Waals surface area contributed by atoms with E-state index in [1.165, 1.54) is 5.54 Å². The van der Waals surface area contributed by atoms with Crippen LogP contribution in [0.2, 0.25) is 0 Å². The summed E-state index contributed by atoms with van der Waals surface area (Å²) in [6.45, 7) is 6.70. The van der Waals surface area contributed by atoms with Gasteiger partial charge in [-0.1, -0.05) is 50.4 Å². The van der Waals surface area contributed by atoms with Gasteiger partial charge in [0.25, 0.3) is 0 Å². The van der Waals surface area contributed by atoms with E-state index in [0.29, 0.717) is 35.8 Å². The summed E-state index contributed by atoms with van der Waals surface area (Å²) in [5.74, 6) is 1.43. The molecule has 26 heavy (non-hydrogen) atoms. The molecule has 1 aliphatic carbocycles. The highest BCUT2D eigenvalue weighted by Crippen LogP contribution is 2.33. The molecule has 148 valence electrons. The zero-order chi connectivity index (χ0) is 19.4. The fourth-order valence-corrected chi connectivity index (χ4v) is 4.29. The fourth-order valence-electron chi connectivity index (χ4n) is 3.24. The fraction of sp³-hybridized carbons (Fsp3) is 0.700. The molecule has 0 radical (unpaired) electrons. The first kappa shape index (κ1) is 23.1. The van der Waals surface area contributed by atoms with Gasteiger partial charge < -0.3 is 9.94 Å². The normalized spacial score (nSPS) is 20.1. The molecule has 1 N–H and O–H groups in total. The van der Waals surface area contributed by atoms with Gasteiger partial charge in [-0.15, -0.1) is 0 Å². The molecule has 0 spiro atoms. The van der Waals surface area contributed by atoms with Gasteiger partial charge in [0.2, 0.25) is 0 Å². The SMILES string of the molecule is CCCCCC(=NOCC=CCl)C1=C(O)CC(CC(C)SCC)CC1=O. The number of aliphatic hydroxyl groups is 1. The van der Waals surface area contributed by atoms with Crippen molar-refractivity contribution in [2.75, 3.05) is 12.4 Å². The molecule has 2 atom stereocenters. The van der Waals surface area contributed by atoms with E-state index < -0.39 is 0 Å². The van der Waals surface area contributed by atoms with Crippen LogP contribution in [-0.4, -0.2) is 34.2 Å². The lowest BCUT2D eigenvalue weighted by atomic mass is 9.82. The number of allylic oxidation sites excluding steroid dienone is 2. The first-order chi connectivity index (χ1) is 12.5. The Morgan fingerprint density at radius 3 is 2.81 bits per heavy atom. The monoisotopic (exact) mass is 401 g/mol. The molecule has 0 amide bonds. The lowest BCUT2D eigenvalue weighted by Crippen LogP contribution is -2.26. The Morgan fingerprint density at radius 2 is 2.19 bits per heavy atom. The number of Topliss-reactive ketones (excluding diaryl/α,β-unsaturated/α-hetero) is 1. The summed E-state index contributed by atoms with van der Waals surface area (Å²) in [4.78, 5) is 18.0. The topological polar surface area (TPSA) is 58.9 Å². The van der Waals surface area contributed by atoms with Crippen LogP contribution in [0.25, 0.3) is 0 Å². The summed E-state index contributed by atoms with van der Waals surface area (Å²) >= 11 is 7.37. The Bertz CT molecular complexity index is 531. The predicted octanol–water partition coefficient (Wildman–Crippen LogP) is 6.01. The van der Waals surface area contributed by atoms with Gasteiger partial charge >= 0.3 is 0 Å². The molecule has 0 saturated carbocycles. The second kappa shape index (κ2) is 13.3. The quantitative estimate of drug-likeness (QED) is 0.247. The molecule has 0 bridgehead atoms. The molecule has 0 aromatic heterocycles. The maximum atomic E-state index is 12.7. The summed E-state index contributed by atoms with van der Waals surface area (Å²) in [6.07, 6.45) is 7.29. The van der Waals surface area contributed by atoms with E-state index in [9.17, 15) is 9.90 Å². The van der Waals surface area contributed by atoms with Crippen molar-refractivity contribution in [3.8, 4) is 0 Å². The van der Waals surface area contributed by atoms with Gasteiger partial charge in [0, 0.05) is 23.6 Å². The number of hydrogen-bond donors (Lipinski definition) is 1. The minimum Gasteiger partial charge on any atom is -0.511 e. The summed E-state index contributed by atoms with van der Waals surface area (Å²) in [7, 11) is 0. The van der Waals surface area contributed by atoms with Crippen molar-refractivity contribution in [3.63, 3.8) is 0 Å². The van der Waals surface area contributed by atoms with E-state index >= 15 is 0 Å². The second-order valence-electron chi connectivity index (χ2n) is 6.67. The van der Waals surface area contributed by atoms with Gasteiger partial charge in [0.05, 0.1) is 11.3 Å². The maximum absolute atomic E-state index is 12.7. The van der Waals surface area contributed by atoms with Crippen LogP contribution in [0.15, 0.2) is 28.1 Å². The summed E-state index contributed by atoms with van der Waals surface area (Å²) in [5, 5.41) is 15.2. The van der Waals surface area contributed by atoms with E-state index in [4.69, 9.17) is 16.4 Å². The maximum Gasteiger partial charge on any atom is 0.168 e. The molecule has 1 aliphatic rings. The van der Waals surface area contributed by atoms with Crippen LogP contribution in [0.1, 0.15) is 65.7 Å². The van der Waals surface area contributed by atoms with Crippen LogP contribution in [0.4, 0.5) is 0 Å². The van der Waals surface area contributed by atoms with Crippen molar-refractivity contribution in [1.82, 2.24) is 0 Å². The molecule has 0 aromatic carbocycles. The van der Waals surface area contributed by atoms with Crippen LogP contribution >= 0.6 is 23.4 Å². The van der Waals surface area contributed by atoms with Gasteiger partial charge in [-0.2, -0.15) is 11.8 Å². The molecule has 0 heterocycles. The number of carbonyl (C=O) groups is 1. The molecule has 0 saturated heterocycles. The summed E-state index contributed by atoms with van der Waals surface area (Å²) in [5.41, 5.74) is 2.32. The van der Waals surface area contributed by atoms with Crippen molar-refractivity contribution < 1.29 is 14.7 Å². The number of oxime groups is 1. The van der Waals surface area contributed by atoms with Crippen LogP contribution in [0.5, 0.6) is 0 Å². The standard InChI is InChI=1S/C20H32ClNO3S/c1-4-6-7-9-17(22-25-11-8-10-21)20-18(23)13-16(14-19(20)24)12-15(3)26-5-2/h8,10,15-16,23H,4-7,9,11-14H2,1-3H3. The number of ketones is 1. The van der Waals surface area contributed by atoms with Crippen LogP contribution in [0.3, 0.4) is 0 Å². The lowest BCUT2D eigenvalue weighted by molar-refractivity contribution is -0.116. The highest BCUT2D eigenvalue weighted by molar-refractivity contribution is 7.99. The predicted molar refractivity (Wildman–Crippen MR) is 112 cm³/mol. The third-order valence-corrected chi connectivity index (χ3v) is 5.65. The summed E-state index contributed by atoms with van der Waals surface area (Å²) < 4.78 is 0. The number of rotatable bonds is 12. The number of nitrogens with zero attached hydrogens (tertiary/aromatic N) is 1. The highest BCUT2D eigenvalue weighted by atomic mass is 35.5. The van der Waals surface area contributed by atoms with Crippen molar-refractivity contribution in [2.45, 2.75) is 71.0 Å². The van der Waals surface area contributed by atoms with E-state index in [0.717, 1.165) is 31.4 Å². The zero-order valence-corrected chi connectivity index (χ0v) is 17.7. The number of thioether (sulfide) groups is 1. The third kappa shape index (κ3) is 8.17. The van der Waals surface area contributed by atoms with Crippen molar-refractivity contribution in [1.29, 1.82) is 0 Å². The molecular formula is C20H32ClNO3S. The van der Waals surface area contributed by atoms with Crippen LogP contribution in [-0.2, 0) is 9.63 Å². The Labute approximate surface area is 167 Å². The number of hydrogen-bond acceptors (Lipinski definition) is 5. The Morgan fingerprint density at radius 1 is 1.42 bits per heavy atom. The largest absolute Gasteiger partial charge is 0.511 e. The molecule has 2 unspecified atom stereocenters. The molecule has 6 heteroatoms. The smallest absolute Gasteiger partial charge is 0.168 e. The Hall–Kier alpha value is -0.940. The third-order valence-electron chi connectivity index (χ3n) is 4.38. The van der Waals surface area contributed by atoms with Crippen molar-refractivity contribution in [2.24, 2.45) is 11.1 Å². The van der Waals surface area contributed by atoms with E-state index in [-0.39, 0.29) is 24.1 Å². The highest BCUT2D eigenvalue weighted by Gasteiger charge is 2.31. The molecule has 1 rings (SSSR count). The lowest BCUT2D eigenvalue weighted by Gasteiger charge is -2.26. The molecule has 4 nitrogen and oxygen atoms in total. The number of aliphatic hydroxyl groups excluding tert-OH is 1. The number of unbranched alkanes of at least 4 members (excludes halogenated alkanes) is 2. The molecule has 0 aliphatic heterocycles. The van der Waals surface area contributed by atoms with E-state index in [1.54, 1.807) is 6.08 Å². The number of carbonyl (C=O) groups excluding carboxylic acids is 1. The minimum absolute atomic E-state index is 0.0146. The van der Waals surface area contributed by atoms with Gasteiger partial charge in [-0.05, 0) is 37.0 Å². The minimum atomic E-state index is -0.0146. The average molecular weight is 402 g/mol. The van der Waals surface area contributed by atoms with E-state index in [1.807, 2.05) is 11.8 Å². The van der Waals surface area contributed by atoms with Gasteiger partial charge in [0.15, 0.2) is 5.78 Å². The average Bonchev–Trinajstić information content (AvgIpc) is 2.58. The molecule has 0 aromatic rings. The second-order valence-corrected chi connectivity index (χ2v) is 8.64. The molecular weight excluding hydrogens is 370 g/mol. The first-order valence-corrected chi connectivity index (χ1v) is 11.0. The van der Waals surface area contributed by atoms with Crippen LogP contribution < -0.4 is 0 Å².